The monoisotopic (exact) mass is 431 g/mol. The molecular weight excluding hydrogens is 402 g/mol. The number of anilines is 2. The molecule has 6 nitrogen and oxygen atoms in total. The predicted molar refractivity (Wildman–Crippen MR) is 121 cm³/mol. The molecule has 0 saturated carbocycles. The molecule has 1 saturated heterocycles. The molecule has 5 N–H and O–H groups in total. The number of nitrogen functional groups attached to an aromatic ring is 1. The smallest absolute Gasteiger partial charge is 0.304 e. The van der Waals surface area contributed by atoms with Gasteiger partial charge in [0.15, 0.2) is 0 Å². The summed E-state index contributed by atoms with van der Waals surface area (Å²) in [5.41, 5.74) is 11.3. The third kappa shape index (κ3) is 5.06. The molecule has 1 fully saturated rings. The summed E-state index contributed by atoms with van der Waals surface area (Å²) < 4.78 is 0. The van der Waals surface area contributed by atoms with E-state index in [0.29, 0.717) is 23.8 Å². The Kier molecular flexibility index (Phi) is 7.23. The number of nitrogens with one attached hydrogen (secondary N) is 1. The highest BCUT2D eigenvalue weighted by Crippen LogP contribution is 2.37. The molecule has 7 heteroatoms. The minimum atomic E-state index is -0.869. The molecule has 2 unspecified atom stereocenters. The number of piperidine rings is 1. The van der Waals surface area contributed by atoms with Crippen molar-refractivity contribution in [2.45, 2.75) is 44.8 Å². The van der Waals surface area contributed by atoms with Crippen LogP contribution in [0.15, 0.2) is 30.3 Å². The second kappa shape index (κ2) is 9.69. The summed E-state index contributed by atoms with van der Waals surface area (Å²) in [5, 5.41) is 23.2. The fourth-order valence-corrected chi connectivity index (χ4v) is 4.45. The number of nitrogens with zero attached hydrogens (tertiary/aromatic N) is 1. The third-order valence-electron chi connectivity index (χ3n) is 5.93. The van der Waals surface area contributed by atoms with Crippen molar-refractivity contribution in [2.24, 2.45) is 0 Å². The van der Waals surface area contributed by atoms with E-state index >= 15 is 0 Å². The molecule has 1 heterocycles. The highest BCUT2D eigenvalue weighted by molar-refractivity contribution is 6.31. The van der Waals surface area contributed by atoms with Gasteiger partial charge in [-0.25, -0.2) is 0 Å². The van der Waals surface area contributed by atoms with E-state index in [-0.39, 0.29) is 18.4 Å². The van der Waals surface area contributed by atoms with E-state index in [1.807, 2.05) is 44.3 Å². The first kappa shape index (κ1) is 22.4. The Morgan fingerprint density at radius 1 is 1.37 bits per heavy atom. The second-order valence-corrected chi connectivity index (χ2v) is 8.43. The number of carboxylic acids is 1. The lowest BCUT2D eigenvalue weighted by molar-refractivity contribution is -0.137. The zero-order valence-corrected chi connectivity index (χ0v) is 18.2. The number of carboxylic acid groups (broad SMARTS) is 1. The third-order valence-corrected chi connectivity index (χ3v) is 6.30. The Morgan fingerprint density at radius 2 is 2.13 bits per heavy atom. The van der Waals surface area contributed by atoms with Gasteiger partial charge in [-0.2, -0.15) is 0 Å². The van der Waals surface area contributed by atoms with Crippen molar-refractivity contribution < 1.29 is 15.0 Å². The van der Waals surface area contributed by atoms with E-state index in [4.69, 9.17) is 17.3 Å². The number of hydrogen-bond acceptors (Lipinski definition) is 5. The van der Waals surface area contributed by atoms with Crippen LogP contribution in [0.25, 0.3) is 0 Å². The van der Waals surface area contributed by atoms with Crippen LogP contribution in [-0.2, 0) is 11.3 Å². The molecule has 0 aliphatic carbocycles. The van der Waals surface area contributed by atoms with Crippen LogP contribution in [0.2, 0.25) is 5.02 Å². The summed E-state index contributed by atoms with van der Waals surface area (Å²) in [6, 6.07) is 9.56. The van der Waals surface area contributed by atoms with E-state index in [1.165, 1.54) is 0 Å². The van der Waals surface area contributed by atoms with Gasteiger partial charge >= 0.3 is 5.97 Å². The van der Waals surface area contributed by atoms with Crippen molar-refractivity contribution in [1.82, 2.24) is 4.90 Å². The number of aliphatic hydroxyl groups is 1. The molecule has 3 rings (SSSR count). The van der Waals surface area contributed by atoms with Crippen LogP contribution in [0.3, 0.4) is 0 Å². The maximum atomic E-state index is 11.7. The number of rotatable bonds is 7. The standard InChI is InChI=1S/C23H30ClN3O3/c1-14-18(6-8-21(26-2)23(14)25)19(11-22(29)30)15-5-7-20(24)16(10-15)12-27-9-3-4-17(28)13-27/h5-8,10,17,19,26,28H,3-4,9,11-13,25H2,1-2H3,(H,29,30). The van der Waals surface area contributed by atoms with E-state index in [0.717, 1.165) is 47.3 Å². The van der Waals surface area contributed by atoms with Gasteiger partial charge in [0, 0.05) is 31.1 Å². The Hall–Kier alpha value is -2.28. The molecule has 2 aromatic carbocycles. The maximum Gasteiger partial charge on any atom is 0.304 e. The predicted octanol–water partition coefficient (Wildman–Crippen LogP) is 3.84. The van der Waals surface area contributed by atoms with Gasteiger partial charge in [0.2, 0.25) is 0 Å². The van der Waals surface area contributed by atoms with E-state index in [2.05, 4.69) is 10.2 Å². The number of hydrogen-bond donors (Lipinski definition) is 4. The largest absolute Gasteiger partial charge is 0.481 e. The first-order valence-corrected chi connectivity index (χ1v) is 10.6. The molecule has 30 heavy (non-hydrogen) atoms. The molecule has 1 aliphatic rings. The van der Waals surface area contributed by atoms with Gasteiger partial charge in [-0.3, -0.25) is 9.69 Å². The average molecular weight is 432 g/mol. The quantitative estimate of drug-likeness (QED) is 0.497. The molecular formula is C23H30ClN3O3. The molecule has 0 radical (unpaired) electrons. The van der Waals surface area contributed by atoms with Gasteiger partial charge in [0.25, 0.3) is 0 Å². The highest BCUT2D eigenvalue weighted by atomic mass is 35.5. The lowest BCUT2D eigenvalue weighted by Gasteiger charge is -2.30. The van der Waals surface area contributed by atoms with Gasteiger partial charge in [-0.1, -0.05) is 29.8 Å². The van der Waals surface area contributed by atoms with Crippen LogP contribution in [0.5, 0.6) is 0 Å². The Balaban J connectivity index is 1.97. The maximum absolute atomic E-state index is 11.7. The van der Waals surface area contributed by atoms with E-state index in [9.17, 15) is 15.0 Å². The molecule has 0 aromatic heterocycles. The summed E-state index contributed by atoms with van der Waals surface area (Å²) in [6.45, 7) is 4.09. The summed E-state index contributed by atoms with van der Waals surface area (Å²) >= 11 is 6.47. The fraction of sp³-hybridized carbons (Fsp3) is 0.435. The number of likely N-dealkylation sites (tertiary alicyclic amines) is 1. The molecule has 162 valence electrons. The van der Waals surface area contributed by atoms with Gasteiger partial charge in [-0.15, -0.1) is 0 Å². The molecule has 2 atom stereocenters. The van der Waals surface area contributed by atoms with Crippen molar-refractivity contribution in [3.8, 4) is 0 Å². The Bertz CT molecular complexity index is 919. The number of benzene rings is 2. The first-order valence-electron chi connectivity index (χ1n) is 10.3. The molecule has 2 aromatic rings. The topological polar surface area (TPSA) is 98.8 Å². The van der Waals surface area contributed by atoms with Gasteiger partial charge in [0.1, 0.15) is 0 Å². The second-order valence-electron chi connectivity index (χ2n) is 8.02. The lowest BCUT2D eigenvalue weighted by atomic mass is 9.84. The number of carbonyl (C=O) groups is 1. The summed E-state index contributed by atoms with van der Waals surface area (Å²) in [5.74, 6) is -1.20. The summed E-state index contributed by atoms with van der Waals surface area (Å²) in [6.07, 6.45) is 1.43. The fourth-order valence-electron chi connectivity index (χ4n) is 4.27. The van der Waals surface area contributed by atoms with Crippen LogP contribution < -0.4 is 11.1 Å². The zero-order chi connectivity index (χ0) is 21.8. The minimum Gasteiger partial charge on any atom is -0.481 e. The molecule has 0 spiro atoms. The highest BCUT2D eigenvalue weighted by Gasteiger charge is 2.23. The Labute approximate surface area is 182 Å². The SMILES string of the molecule is CNc1ccc(C(CC(=O)O)c2ccc(Cl)c(CN3CCCC(O)C3)c2)c(C)c1N. The summed E-state index contributed by atoms with van der Waals surface area (Å²) in [4.78, 5) is 13.9. The van der Waals surface area contributed by atoms with Crippen LogP contribution in [0.1, 0.15) is 47.4 Å². The van der Waals surface area contributed by atoms with Crippen molar-refractivity contribution in [3.63, 3.8) is 0 Å². The molecule has 1 aliphatic heterocycles. The Morgan fingerprint density at radius 3 is 2.80 bits per heavy atom. The first-order chi connectivity index (χ1) is 14.3. The molecule has 0 amide bonds. The summed E-state index contributed by atoms with van der Waals surface area (Å²) in [7, 11) is 1.81. The van der Waals surface area contributed by atoms with Crippen molar-refractivity contribution in [2.75, 3.05) is 31.2 Å². The lowest BCUT2D eigenvalue weighted by Crippen LogP contribution is -2.37. The number of halogens is 1. The van der Waals surface area contributed by atoms with Gasteiger partial charge < -0.3 is 21.3 Å². The van der Waals surface area contributed by atoms with Crippen molar-refractivity contribution in [1.29, 1.82) is 0 Å². The van der Waals surface area contributed by atoms with Gasteiger partial charge in [-0.05, 0) is 60.7 Å². The zero-order valence-electron chi connectivity index (χ0n) is 17.5. The average Bonchev–Trinajstić information content (AvgIpc) is 2.70. The van der Waals surface area contributed by atoms with Gasteiger partial charge in [0.05, 0.1) is 23.9 Å². The molecule has 0 bridgehead atoms. The van der Waals surface area contributed by atoms with Crippen molar-refractivity contribution >= 4 is 28.9 Å². The normalized spacial score (nSPS) is 18.2. The van der Waals surface area contributed by atoms with Crippen molar-refractivity contribution in [3.05, 3.63) is 57.6 Å². The number of aliphatic carboxylic acids is 1. The van der Waals surface area contributed by atoms with Crippen LogP contribution >= 0.6 is 11.6 Å². The number of aliphatic hydroxyl groups excluding tert-OH is 1. The van der Waals surface area contributed by atoms with Crippen LogP contribution in [0, 0.1) is 6.92 Å². The van der Waals surface area contributed by atoms with Crippen LogP contribution in [-0.4, -0.2) is 47.3 Å². The number of nitrogens with two attached hydrogens (primary N) is 1. The van der Waals surface area contributed by atoms with E-state index in [1.54, 1.807) is 0 Å². The minimum absolute atomic E-state index is 0.0390. The van der Waals surface area contributed by atoms with E-state index < -0.39 is 5.97 Å². The van der Waals surface area contributed by atoms with Crippen LogP contribution in [0.4, 0.5) is 11.4 Å². The number of β-amino-alcohol motifs (C(OH)–C–C–N with tert-alkyl or cyclic N) is 1.